The zero-order chi connectivity index (χ0) is 0. The molecule has 0 radical (unpaired) electrons. The smallest absolute Gasteiger partial charge is 1.00 e. The second-order valence-electron chi connectivity index (χ2n) is 0. The second-order valence-corrected chi connectivity index (χ2v) is 0. The summed E-state index contributed by atoms with van der Waals surface area (Å²) in [4.78, 5) is 0. The minimum atomic E-state index is 0. The Hall–Kier alpha value is 4.06. The fraction of sp³-hybridized carbons (Fsp3) is 0. The zero-order valence-corrected chi connectivity index (χ0v) is 13.0. The fourth-order valence-corrected chi connectivity index (χ4v) is 0. The summed E-state index contributed by atoms with van der Waals surface area (Å²) < 4.78 is 0. The summed E-state index contributed by atoms with van der Waals surface area (Å²) in [5, 5.41) is 0. The van der Waals surface area contributed by atoms with E-state index in [2.05, 4.69) is 0 Å². The van der Waals surface area contributed by atoms with Crippen LogP contribution in [0.3, 0.4) is 0 Å². The van der Waals surface area contributed by atoms with E-state index in [9.17, 15) is 0 Å². The maximum absolute atomic E-state index is 0. The summed E-state index contributed by atoms with van der Waals surface area (Å²) in [5.74, 6) is 0. The molecule has 0 saturated heterocycles. The van der Waals surface area contributed by atoms with Crippen LogP contribution >= 0.6 is 0 Å². The van der Waals surface area contributed by atoms with Gasteiger partial charge in [0.05, 0.1) is 0 Å². The molecule has 0 aromatic carbocycles. The van der Waals surface area contributed by atoms with Gasteiger partial charge in [0, 0.05) is 60.7 Å². The van der Waals surface area contributed by atoms with Crippen LogP contribution in [0.25, 0.3) is 0 Å². The van der Waals surface area contributed by atoms with Gasteiger partial charge in [0.1, 0.15) is 0 Å². The standard InChI is InChI=1S/Al.Ba.Ru.Ti.Zn.5H/q;+2;;;;;;;2*-1. The van der Waals surface area contributed by atoms with Gasteiger partial charge in [0.2, 0.25) is 0 Å². The van der Waals surface area contributed by atoms with Gasteiger partial charge < -0.3 is 2.85 Å². The van der Waals surface area contributed by atoms with Crippen LogP contribution in [0, 0.1) is 0 Å². The van der Waals surface area contributed by atoms with Crippen molar-refractivity contribution in [3.63, 3.8) is 0 Å². The molecule has 0 aliphatic rings. The Morgan fingerprint density at radius 3 is 1.20 bits per heavy atom. The summed E-state index contributed by atoms with van der Waals surface area (Å²) in [6.07, 6.45) is 0. The molecule has 0 amide bonds. The van der Waals surface area contributed by atoms with Crippen molar-refractivity contribution in [3.8, 4) is 0 Å². The second kappa shape index (κ2) is 24.4. The third kappa shape index (κ3) is 18.0. The molecule has 5 heavy (non-hydrogen) atoms. The molecule has 0 heterocycles. The summed E-state index contributed by atoms with van der Waals surface area (Å²) in [6.45, 7) is 0. The first kappa shape index (κ1) is 35.7. The predicted octanol–water partition coefficient (Wildman–Crippen LogP) is -1.35. The first-order chi connectivity index (χ1) is 0. The van der Waals surface area contributed by atoms with E-state index in [1.807, 2.05) is 0 Å². The molecule has 0 spiro atoms. The molecule has 24 valence electrons. The van der Waals surface area contributed by atoms with Crippen molar-refractivity contribution in [2.24, 2.45) is 0 Å². The van der Waals surface area contributed by atoms with E-state index in [1.54, 1.807) is 0 Å². The molecule has 0 aromatic heterocycles. The van der Waals surface area contributed by atoms with Crippen molar-refractivity contribution in [1.82, 2.24) is 0 Å². The Kier molecular flexibility index (Phi) is 174. The molecule has 0 fully saturated rings. The summed E-state index contributed by atoms with van der Waals surface area (Å²) >= 11 is 0. The minimum absolute atomic E-state index is 0. The van der Waals surface area contributed by atoms with Crippen molar-refractivity contribution >= 4 is 66.2 Å². The first-order valence-corrected chi connectivity index (χ1v) is 0. The van der Waals surface area contributed by atoms with Crippen LogP contribution in [0.2, 0.25) is 0 Å². The van der Waals surface area contributed by atoms with Gasteiger partial charge in [-0.15, -0.1) is 0 Å². The van der Waals surface area contributed by atoms with E-state index in [0.29, 0.717) is 0 Å². The normalized spacial score (nSPS) is 0. The topological polar surface area (TPSA) is 0 Å². The zero-order valence-electron chi connectivity index (χ0n) is 4.27. The molecular weight excluding hydrogens is 379 g/mol. The van der Waals surface area contributed by atoms with Gasteiger partial charge in [0.25, 0.3) is 0 Å². The van der Waals surface area contributed by atoms with E-state index < -0.39 is 0 Å². The van der Waals surface area contributed by atoms with Crippen LogP contribution in [-0.2, 0) is 60.7 Å². The van der Waals surface area contributed by atoms with Gasteiger partial charge in [-0.3, -0.25) is 0 Å². The first-order valence-electron chi connectivity index (χ1n) is 0. The molecule has 0 aliphatic heterocycles. The SMILES string of the molecule is [AlH3].[Ba+2].[H-].[H-].[Ru].[Ti].[Zn]. The number of hydrogen-bond acceptors (Lipinski definition) is 0. The van der Waals surface area contributed by atoms with E-state index in [-0.39, 0.29) is 130 Å². The molecule has 0 rings (SSSR count). The van der Waals surface area contributed by atoms with Gasteiger partial charge in [-0.25, -0.2) is 0 Å². The van der Waals surface area contributed by atoms with Crippen LogP contribution in [0.1, 0.15) is 2.85 Å². The average Bonchev–Trinajstić information content (AvgIpc) is 0. The largest absolute Gasteiger partial charge is 2.00 e. The third-order valence-corrected chi connectivity index (χ3v) is 0. The third-order valence-electron chi connectivity index (χ3n) is 0. The Morgan fingerprint density at radius 1 is 1.20 bits per heavy atom. The van der Waals surface area contributed by atoms with Gasteiger partial charge in [-0.2, -0.15) is 0 Å². The molecule has 0 saturated carbocycles. The molecule has 0 aromatic rings. The maximum atomic E-state index is 0. The molecule has 0 N–H and O–H groups in total. The van der Waals surface area contributed by atoms with Crippen LogP contribution < -0.4 is 0 Å². The van der Waals surface area contributed by atoms with Crippen molar-refractivity contribution in [3.05, 3.63) is 0 Å². The molecule has 0 atom stereocenters. The van der Waals surface area contributed by atoms with Gasteiger partial charge in [-0.1, -0.05) is 0 Å². The van der Waals surface area contributed by atoms with E-state index in [1.165, 1.54) is 0 Å². The number of hydrogen-bond donors (Lipinski definition) is 0. The molecule has 5 heteroatoms. The Morgan fingerprint density at radius 2 is 1.20 bits per heavy atom. The van der Waals surface area contributed by atoms with Gasteiger partial charge >= 0.3 is 48.9 Å². The van der Waals surface area contributed by atoms with Gasteiger partial charge in [0.15, 0.2) is 17.4 Å². The molecule has 0 bridgehead atoms. The van der Waals surface area contributed by atoms with Crippen molar-refractivity contribution in [1.29, 1.82) is 0 Å². The maximum Gasteiger partial charge on any atom is 2.00 e. The summed E-state index contributed by atoms with van der Waals surface area (Å²) in [5.41, 5.74) is 0. The Bertz CT molecular complexity index is 17.7. The summed E-state index contributed by atoms with van der Waals surface area (Å²) in [6, 6.07) is 0. The number of rotatable bonds is 0. The Labute approximate surface area is 127 Å². The fourth-order valence-electron chi connectivity index (χ4n) is 0. The van der Waals surface area contributed by atoms with E-state index in [0.717, 1.165) is 0 Å². The van der Waals surface area contributed by atoms with Crippen molar-refractivity contribution in [2.75, 3.05) is 0 Å². The molecule has 0 aliphatic carbocycles. The minimum Gasteiger partial charge on any atom is -1.00 e. The molecule has 0 nitrogen and oxygen atoms in total. The van der Waals surface area contributed by atoms with E-state index >= 15 is 0 Å². The van der Waals surface area contributed by atoms with Crippen LogP contribution in [0.5, 0.6) is 0 Å². The predicted molar refractivity (Wildman–Crippen MR) is 17.9 cm³/mol. The Balaban J connectivity index is 0. The van der Waals surface area contributed by atoms with Crippen LogP contribution in [0.15, 0.2) is 0 Å². The average molecular weight is 384 g/mol. The van der Waals surface area contributed by atoms with E-state index in [4.69, 9.17) is 0 Å². The molecule has 0 unspecified atom stereocenters. The van der Waals surface area contributed by atoms with Crippen LogP contribution in [0.4, 0.5) is 0 Å². The van der Waals surface area contributed by atoms with Gasteiger partial charge in [-0.05, 0) is 0 Å². The van der Waals surface area contributed by atoms with Crippen LogP contribution in [-0.4, -0.2) is 66.2 Å². The quantitative estimate of drug-likeness (QED) is 0.454. The van der Waals surface area contributed by atoms with Crippen molar-refractivity contribution in [2.45, 2.75) is 0 Å². The summed E-state index contributed by atoms with van der Waals surface area (Å²) in [7, 11) is 0. The van der Waals surface area contributed by atoms with Crippen molar-refractivity contribution < 1.29 is 63.5 Å². The molecular formula is H5AlBaRuTiZn. The monoisotopic (exact) mass is 384 g/mol.